The molecule has 0 aliphatic rings. The van der Waals surface area contributed by atoms with Gasteiger partial charge in [-0.3, -0.25) is 0 Å². The molecule has 0 bridgehead atoms. The third kappa shape index (κ3) is 4.48. The Hall–Kier alpha value is -0.810. The van der Waals surface area contributed by atoms with Crippen molar-refractivity contribution in [3.63, 3.8) is 0 Å². The van der Waals surface area contributed by atoms with Crippen molar-refractivity contribution >= 4 is 23.2 Å². The molecule has 82 valence electrons. The maximum atomic E-state index is 11.7. The second kappa shape index (κ2) is 5.92. The number of aromatic nitrogens is 3. The van der Waals surface area contributed by atoms with E-state index in [1.807, 2.05) is 0 Å². The van der Waals surface area contributed by atoms with Gasteiger partial charge in [0.1, 0.15) is 0 Å². The van der Waals surface area contributed by atoms with E-state index in [1.54, 1.807) is 0 Å². The van der Waals surface area contributed by atoms with Gasteiger partial charge in [-0.2, -0.15) is 13.9 Å². The van der Waals surface area contributed by atoms with Gasteiger partial charge in [-0.05, 0) is 12.5 Å². The summed E-state index contributed by atoms with van der Waals surface area (Å²) in [5.74, 6) is 0.344. The van der Waals surface area contributed by atoms with Gasteiger partial charge in [-0.1, -0.05) is 23.2 Å². The van der Waals surface area contributed by atoms with E-state index < -0.39 is 10.9 Å². The first-order valence-corrected chi connectivity index (χ1v) is 4.94. The fourth-order valence-electron chi connectivity index (χ4n) is 0.876. The SMILES string of the molecule is FC(F)=CCCc1nncc(C(Cl)Cl)n1. The number of allylic oxidation sites excluding steroid dienone is 1. The van der Waals surface area contributed by atoms with E-state index in [9.17, 15) is 8.78 Å². The fraction of sp³-hybridized carbons (Fsp3) is 0.375. The molecule has 1 rings (SSSR count). The maximum absolute atomic E-state index is 11.7. The van der Waals surface area contributed by atoms with Gasteiger partial charge >= 0.3 is 0 Å². The molecule has 0 aromatic carbocycles. The van der Waals surface area contributed by atoms with E-state index in [0.717, 1.165) is 6.08 Å². The van der Waals surface area contributed by atoms with Crippen LogP contribution in [-0.4, -0.2) is 15.2 Å². The van der Waals surface area contributed by atoms with Crippen molar-refractivity contribution in [2.75, 3.05) is 0 Å². The number of aryl methyl sites for hydroxylation is 1. The van der Waals surface area contributed by atoms with Crippen molar-refractivity contribution in [3.8, 4) is 0 Å². The number of hydrogen-bond donors (Lipinski definition) is 0. The summed E-state index contributed by atoms with van der Waals surface area (Å²) in [6, 6.07) is 0. The van der Waals surface area contributed by atoms with Crippen LogP contribution in [0, 0.1) is 0 Å². The summed E-state index contributed by atoms with van der Waals surface area (Å²) >= 11 is 11.1. The molecule has 0 amide bonds. The van der Waals surface area contributed by atoms with E-state index in [0.29, 0.717) is 11.5 Å². The molecular formula is C8H7Cl2F2N3. The Kier molecular flexibility index (Phi) is 4.84. The summed E-state index contributed by atoms with van der Waals surface area (Å²) in [4.78, 5) is 3.17. The van der Waals surface area contributed by atoms with Gasteiger partial charge in [-0.15, -0.1) is 5.10 Å². The quantitative estimate of drug-likeness (QED) is 0.775. The van der Waals surface area contributed by atoms with E-state index >= 15 is 0 Å². The van der Waals surface area contributed by atoms with Crippen molar-refractivity contribution in [2.24, 2.45) is 0 Å². The van der Waals surface area contributed by atoms with Crippen LogP contribution in [0.5, 0.6) is 0 Å². The number of nitrogens with zero attached hydrogens (tertiary/aromatic N) is 3. The van der Waals surface area contributed by atoms with Gasteiger partial charge in [0.2, 0.25) is 0 Å². The number of halogens is 4. The molecule has 0 aliphatic heterocycles. The highest BCUT2D eigenvalue weighted by Crippen LogP contribution is 2.21. The van der Waals surface area contributed by atoms with Gasteiger partial charge in [-0.25, -0.2) is 4.98 Å². The Morgan fingerprint density at radius 2 is 2.20 bits per heavy atom. The Bertz CT molecular complexity index is 353. The van der Waals surface area contributed by atoms with Gasteiger partial charge in [0.25, 0.3) is 6.08 Å². The highest BCUT2D eigenvalue weighted by Gasteiger charge is 2.07. The van der Waals surface area contributed by atoms with E-state index in [-0.39, 0.29) is 12.8 Å². The molecule has 0 radical (unpaired) electrons. The zero-order chi connectivity index (χ0) is 11.3. The molecule has 7 heteroatoms. The van der Waals surface area contributed by atoms with Crippen LogP contribution in [0.1, 0.15) is 22.8 Å². The average Bonchev–Trinajstić information content (AvgIpc) is 2.17. The van der Waals surface area contributed by atoms with E-state index in [1.165, 1.54) is 6.20 Å². The van der Waals surface area contributed by atoms with Crippen LogP contribution in [0.4, 0.5) is 8.78 Å². The molecule has 1 heterocycles. The molecule has 3 nitrogen and oxygen atoms in total. The second-order valence-electron chi connectivity index (χ2n) is 2.63. The minimum absolute atomic E-state index is 0.155. The van der Waals surface area contributed by atoms with Crippen LogP contribution < -0.4 is 0 Å². The molecular weight excluding hydrogens is 247 g/mol. The Morgan fingerprint density at radius 1 is 1.47 bits per heavy atom. The Balaban J connectivity index is 2.62. The molecule has 1 aromatic rings. The molecule has 0 saturated carbocycles. The smallest absolute Gasteiger partial charge is 0.231 e. The summed E-state index contributed by atoms with van der Waals surface area (Å²) in [6.07, 6.45) is 0.849. The molecule has 0 atom stereocenters. The standard InChI is InChI=1S/C8H7Cl2F2N3/c9-8(10)5-4-13-15-7(14-5)3-1-2-6(11)12/h2,4,8H,1,3H2. The molecule has 15 heavy (non-hydrogen) atoms. The Morgan fingerprint density at radius 3 is 2.80 bits per heavy atom. The lowest BCUT2D eigenvalue weighted by Crippen LogP contribution is -2.01. The summed E-state index contributed by atoms with van der Waals surface area (Å²) < 4.78 is 23.4. The third-order valence-electron chi connectivity index (χ3n) is 1.51. The maximum Gasteiger partial charge on any atom is 0.266 e. The molecule has 0 N–H and O–H groups in total. The zero-order valence-corrected chi connectivity index (χ0v) is 9.01. The van der Waals surface area contributed by atoms with Crippen molar-refractivity contribution in [1.29, 1.82) is 0 Å². The summed E-state index contributed by atoms with van der Waals surface area (Å²) in [6.45, 7) is 0. The normalized spacial score (nSPS) is 10.5. The van der Waals surface area contributed by atoms with E-state index in [2.05, 4.69) is 15.2 Å². The van der Waals surface area contributed by atoms with Gasteiger partial charge in [0.05, 0.1) is 11.9 Å². The number of alkyl halides is 2. The van der Waals surface area contributed by atoms with Gasteiger partial charge in [0.15, 0.2) is 10.7 Å². The minimum Gasteiger partial charge on any atom is -0.231 e. The lowest BCUT2D eigenvalue weighted by molar-refractivity contribution is 0.417. The first kappa shape index (κ1) is 12.3. The minimum atomic E-state index is -1.72. The van der Waals surface area contributed by atoms with Crippen LogP contribution in [0.25, 0.3) is 0 Å². The van der Waals surface area contributed by atoms with Crippen molar-refractivity contribution in [1.82, 2.24) is 15.2 Å². The summed E-state index contributed by atoms with van der Waals surface area (Å²) in [7, 11) is 0. The number of rotatable bonds is 4. The van der Waals surface area contributed by atoms with Gasteiger partial charge in [0, 0.05) is 6.42 Å². The second-order valence-corrected chi connectivity index (χ2v) is 3.73. The number of hydrogen-bond acceptors (Lipinski definition) is 3. The van der Waals surface area contributed by atoms with Crippen LogP contribution in [0.2, 0.25) is 0 Å². The highest BCUT2D eigenvalue weighted by molar-refractivity contribution is 6.43. The monoisotopic (exact) mass is 253 g/mol. The third-order valence-corrected chi connectivity index (χ3v) is 1.96. The first-order valence-electron chi connectivity index (χ1n) is 4.07. The van der Waals surface area contributed by atoms with Crippen LogP contribution in [0.15, 0.2) is 18.4 Å². The lowest BCUT2D eigenvalue weighted by atomic mass is 10.3. The largest absolute Gasteiger partial charge is 0.266 e. The molecule has 0 saturated heterocycles. The van der Waals surface area contributed by atoms with Crippen molar-refractivity contribution < 1.29 is 8.78 Å². The zero-order valence-electron chi connectivity index (χ0n) is 7.50. The topological polar surface area (TPSA) is 38.7 Å². The Labute approximate surface area is 95.1 Å². The van der Waals surface area contributed by atoms with Crippen LogP contribution >= 0.6 is 23.2 Å². The van der Waals surface area contributed by atoms with E-state index in [4.69, 9.17) is 23.2 Å². The molecule has 0 unspecified atom stereocenters. The molecule has 0 fully saturated rings. The molecule has 0 aliphatic carbocycles. The lowest BCUT2D eigenvalue weighted by Gasteiger charge is -2.01. The molecule has 0 spiro atoms. The first-order chi connectivity index (χ1) is 7.09. The summed E-state index contributed by atoms with van der Waals surface area (Å²) in [5.41, 5.74) is 0.369. The van der Waals surface area contributed by atoms with Crippen LogP contribution in [0.3, 0.4) is 0 Å². The van der Waals surface area contributed by atoms with Crippen molar-refractivity contribution in [3.05, 3.63) is 29.9 Å². The summed E-state index contributed by atoms with van der Waals surface area (Å²) in [5, 5.41) is 7.28. The van der Waals surface area contributed by atoms with Crippen molar-refractivity contribution in [2.45, 2.75) is 17.7 Å². The fourth-order valence-corrected chi connectivity index (χ4v) is 1.09. The predicted molar refractivity (Wildman–Crippen MR) is 52.9 cm³/mol. The van der Waals surface area contributed by atoms with Gasteiger partial charge < -0.3 is 0 Å². The average molecular weight is 254 g/mol. The predicted octanol–water partition coefficient (Wildman–Crippen LogP) is 3.06. The highest BCUT2D eigenvalue weighted by atomic mass is 35.5. The van der Waals surface area contributed by atoms with Crippen LogP contribution in [-0.2, 0) is 6.42 Å². The molecule has 1 aromatic heterocycles.